The normalized spacial score (nSPS) is 21.9. The number of carbonyl (C=O) groups is 1. The molecule has 20 heavy (non-hydrogen) atoms. The van der Waals surface area contributed by atoms with Gasteiger partial charge in [-0.25, -0.2) is 4.39 Å². The van der Waals surface area contributed by atoms with Gasteiger partial charge in [0, 0.05) is 19.1 Å². The van der Waals surface area contributed by atoms with E-state index in [1.165, 1.54) is 12.1 Å². The Kier molecular flexibility index (Phi) is 5.09. The second-order valence-corrected chi connectivity index (χ2v) is 5.02. The first-order chi connectivity index (χ1) is 9.65. The Morgan fingerprint density at radius 1 is 1.50 bits per heavy atom. The standard InChI is InChI=1S/C15H21FN2O2/c1-3-18(8-11-5-4-6-12(16)7-11)15(19)13-9-20-10-14(13)17-2/h4-7,13-14,17H,3,8-10H2,1-2H3. The molecule has 0 spiro atoms. The van der Waals surface area contributed by atoms with E-state index in [1.54, 1.807) is 11.0 Å². The molecule has 1 amide bonds. The second kappa shape index (κ2) is 6.81. The van der Waals surface area contributed by atoms with Gasteiger partial charge in [0.05, 0.1) is 19.1 Å². The van der Waals surface area contributed by atoms with Crippen molar-refractivity contribution >= 4 is 5.91 Å². The minimum atomic E-state index is -0.275. The van der Waals surface area contributed by atoms with Crippen LogP contribution in [0.4, 0.5) is 4.39 Å². The Bertz CT molecular complexity index is 467. The van der Waals surface area contributed by atoms with Crippen LogP contribution in [0, 0.1) is 11.7 Å². The molecule has 0 saturated carbocycles. The predicted molar refractivity (Wildman–Crippen MR) is 74.6 cm³/mol. The molecule has 1 aliphatic rings. The van der Waals surface area contributed by atoms with Crippen molar-refractivity contribution in [3.63, 3.8) is 0 Å². The maximum Gasteiger partial charge on any atom is 0.229 e. The molecule has 1 aliphatic heterocycles. The number of hydrogen-bond donors (Lipinski definition) is 1. The summed E-state index contributed by atoms with van der Waals surface area (Å²) in [6.07, 6.45) is 0. The Morgan fingerprint density at radius 3 is 2.95 bits per heavy atom. The summed E-state index contributed by atoms with van der Waals surface area (Å²) in [5.74, 6) is -0.370. The maximum absolute atomic E-state index is 13.2. The van der Waals surface area contributed by atoms with Crippen LogP contribution in [-0.2, 0) is 16.1 Å². The summed E-state index contributed by atoms with van der Waals surface area (Å²) >= 11 is 0. The van der Waals surface area contributed by atoms with E-state index < -0.39 is 0 Å². The minimum absolute atomic E-state index is 0.0593. The lowest BCUT2D eigenvalue weighted by atomic mass is 10.0. The van der Waals surface area contributed by atoms with Crippen molar-refractivity contribution in [2.24, 2.45) is 5.92 Å². The second-order valence-electron chi connectivity index (χ2n) is 5.02. The van der Waals surface area contributed by atoms with E-state index in [9.17, 15) is 9.18 Å². The quantitative estimate of drug-likeness (QED) is 0.886. The highest BCUT2D eigenvalue weighted by Gasteiger charge is 2.35. The summed E-state index contributed by atoms with van der Waals surface area (Å²) < 4.78 is 18.6. The summed E-state index contributed by atoms with van der Waals surface area (Å²) in [5, 5.41) is 3.11. The van der Waals surface area contributed by atoms with Crippen molar-refractivity contribution in [1.82, 2.24) is 10.2 Å². The van der Waals surface area contributed by atoms with Crippen LogP contribution in [-0.4, -0.2) is 43.7 Å². The van der Waals surface area contributed by atoms with Gasteiger partial charge in [-0.05, 0) is 31.7 Å². The third kappa shape index (κ3) is 3.35. The number of amides is 1. The smallest absolute Gasteiger partial charge is 0.229 e. The summed E-state index contributed by atoms with van der Waals surface area (Å²) in [4.78, 5) is 14.3. The van der Waals surface area contributed by atoms with E-state index in [4.69, 9.17) is 4.74 Å². The van der Waals surface area contributed by atoms with E-state index in [2.05, 4.69) is 5.32 Å². The van der Waals surface area contributed by atoms with Crippen LogP contribution in [0.25, 0.3) is 0 Å². The molecule has 1 aromatic carbocycles. The number of ether oxygens (including phenoxy) is 1. The lowest BCUT2D eigenvalue weighted by Crippen LogP contribution is -2.44. The van der Waals surface area contributed by atoms with Gasteiger partial charge >= 0.3 is 0 Å². The highest BCUT2D eigenvalue weighted by atomic mass is 19.1. The van der Waals surface area contributed by atoms with Crippen molar-refractivity contribution in [2.75, 3.05) is 26.8 Å². The highest BCUT2D eigenvalue weighted by Crippen LogP contribution is 2.18. The SMILES string of the molecule is CCN(Cc1cccc(F)c1)C(=O)C1COCC1NC. The van der Waals surface area contributed by atoms with Gasteiger partial charge in [-0.15, -0.1) is 0 Å². The van der Waals surface area contributed by atoms with E-state index in [0.29, 0.717) is 26.3 Å². The predicted octanol–water partition coefficient (Wildman–Crippen LogP) is 1.41. The van der Waals surface area contributed by atoms with E-state index in [0.717, 1.165) is 5.56 Å². The van der Waals surface area contributed by atoms with Crippen LogP contribution >= 0.6 is 0 Å². The number of nitrogens with one attached hydrogen (secondary N) is 1. The van der Waals surface area contributed by atoms with Gasteiger partial charge in [-0.3, -0.25) is 4.79 Å². The molecule has 0 aromatic heterocycles. The molecule has 1 N–H and O–H groups in total. The van der Waals surface area contributed by atoms with Gasteiger partial charge in [-0.1, -0.05) is 12.1 Å². The molecule has 0 aliphatic carbocycles. The number of carbonyl (C=O) groups excluding carboxylic acids is 1. The van der Waals surface area contributed by atoms with E-state index in [-0.39, 0.29) is 23.7 Å². The zero-order valence-electron chi connectivity index (χ0n) is 11.9. The molecule has 1 aromatic rings. The maximum atomic E-state index is 13.2. The number of benzene rings is 1. The van der Waals surface area contributed by atoms with Gasteiger partial charge in [0.25, 0.3) is 0 Å². The monoisotopic (exact) mass is 280 g/mol. The zero-order chi connectivity index (χ0) is 14.5. The average Bonchev–Trinajstić information content (AvgIpc) is 2.92. The molecule has 1 heterocycles. The highest BCUT2D eigenvalue weighted by molar-refractivity contribution is 5.80. The Balaban J connectivity index is 2.06. The summed E-state index contributed by atoms with van der Waals surface area (Å²) in [6, 6.07) is 6.43. The largest absolute Gasteiger partial charge is 0.379 e. The fourth-order valence-corrected chi connectivity index (χ4v) is 2.52. The zero-order valence-corrected chi connectivity index (χ0v) is 11.9. The molecule has 5 heteroatoms. The van der Waals surface area contributed by atoms with Crippen molar-refractivity contribution in [2.45, 2.75) is 19.5 Å². The van der Waals surface area contributed by atoms with E-state index in [1.807, 2.05) is 20.0 Å². The molecule has 2 rings (SSSR count). The molecule has 110 valence electrons. The van der Waals surface area contributed by atoms with E-state index >= 15 is 0 Å². The van der Waals surface area contributed by atoms with Gasteiger partial charge in [0.2, 0.25) is 5.91 Å². The fraction of sp³-hybridized carbons (Fsp3) is 0.533. The Hall–Kier alpha value is -1.46. The van der Waals surface area contributed by atoms with Gasteiger partial charge < -0.3 is 15.0 Å². The first-order valence-corrected chi connectivity index (χ1v) is 6.94. The summed E-state index contributed by atoms with van der Waals surface area (Å²) in [6.45, 7) is 3.97. The summed E-state index contributed by atoms with van der Waals surface area (Å²) in [7, 11) is 1.84. The van der Waals surface area contributed by atoms with Crippen LogP contribution in [0.15, 0.2) is 24.3 Å². The van der Waals surface area contributed by atoms with Crippen molar-refractivity contribution < 1.29 is 13.9 Å². The third-order valence-corrected chi connectivity index (χ3v) is 3.72. The lowest BCUT2D eigenvalue weighted by Gasteiger charge is -2.26. The van der Waals surface area contributed by atoms with Crippen LogP contribution in [0.3, 0.4) is 0 Å². The third-order valence-electron chi connectivity index (χ3n) is 3.72. The van der Waals surface area contributed by atoms with Crippen LogP contribution in [0.2, 0.25) is 0 Å². The lowest BCUT2D eigenvalue weighted by molar-refractivity contribution is -0.136. The summed E-state index contributed by atoms with van der Waals surface area (Å²) in [5.41, 5.74) is 0.806. The van der Waals surface area contributed by atoms with Crippen molar-refractivity contribution in [3.05, 3.63) is 35.6 Å². The molecule has 1 saturated heterocycles. The first-order valence-electron chi connectivity index (χ1n) is 6.94. The number of hydrogen-bond acceptors (Lipinski definition) is 3. The van der Waals surface area contributed by atoms with Crippen molar-refractivity contribution in [1.29, 1.82) is 0 Å². The molecule has 2 atom stereocenters. The molecule has 2 unspecified atom stereocenters. The molecular formula is C15H21FN2O2. The number of halogens is 1. The fourth-order valence-electron chi connectivity index (χ4n) is 2.52. The number of likely N-dealkylation sites (N-methyl/N-ethyl adjacent to an activating group) is 1. The Morgan fingerprint density at radius 2 is 2.30 bits per heavy atom. The van der Waals surface area contributed by atoms with Crippen LogP contribution in [0.1, 0.15) is 12.5 Å². The molecule has 1 fully saturated rings. The molecule has 0 radical (unpaired) electrons. The Labute approximate surface area is 118 Å². The first kappa shape index (κ1) is 14.9. The van der Waals surface area contributed by atoms with Crippen LogP contribution < -0.4 is 5.32 Å². The number of nitrogens with zero attached hydrogens (tertiary/aromatic N) is 1. The van der Waals surface area contributed by atoms with Gasteiger partial charge in [0.15, 0.2) is 0 Å². The average molecular weight is 280 g/mol. The molecule has 4 nitrogen and oxygen atoms in total. The number of rotatable bonds is 5. The van der Waals surface area contributed by atoms with Crippen LogP contribution in [0.5, 0.6) is 0 Å². The van der Waals surface area contributed by atoms with Gasteiger partial charge in [-0.2, -0.15) is 0 Å². The molecule has 0 bridgehead atoms. The minimum Gasteiger partial charge on any atom is -0.379 e. The van der Waals surface area contributed by atoms with Crippen molar-refractivity contribution in [3.8, 4) is 0 Å². The van der Waals surface area contributed by atoms with Gasteiger partial charge in [0.1, 0.15) is 5.82 Å². The molecular weight excluding hydrogens is 259 g/mol. The topological polar surface area (TPSA) is 41.6 Å².